The van der Waals surface area contributed by atoms with Crippen molar-refractivity contribution >= 4 is 52.2 Å². The van der Waals surface area contributed by atoms with Crippen molar-refractivity contribution in [2.75, 3.05) is 9.80 Å². The predicted octanol–water partition coefficient (Wildman–Crippen LogP) is 4.34. The maximum atomic E-state index is 13.4. The van der Waals surface area contributed by atoms with Crippen molar-refractivity contribution in [3.05, 3.63) is 139 Å². The third-order valence-electron chi connectivity index (χ3n) is 6.90. The van der Waals surface area contributed by atoms with Gasteiger partial charge in [0, 0.05) is 35.4 Å². The average Bonchev–Trinajstić information content (AvgIpc) is 3.39. The summed E-state index contributed by atoms with van der Waals surface area (Å²) in [5, 5.41) is 22.3. The summed E-state index contributed by atoms with van der Waals surface area (Å²) in [4.78, 5) is 88.2. The molecule has 2 heterocycles. The van der Waals surface area contributed by atoms with Crippen molar-refractivity contribution in [3.8, 4) is 0 Å². The van der Waals surface area contributed by atoms with Crippen LogP contribution < -0.4 is 9.80 Å². The van der Waals surface area contributed by atoms with Gasteiger partial charge in [-0.2, -0.15) is 0 Å². The summed E-state index contributed by atoms with van der Waals surface area (Å²) in [6, 6.07) is 17.8. The molecular weight excluding hydrogens is 548 g/mol. The fourth-order valence-corrected chi connectivity index (χ4v) is 4.89. The van der Waals surface area contributed by atoms with Gasteiger partial charge in [0.2, 0.25) is 0 Å². The Morgan fingerprint density at radius 1 is 0.524 bits per heavy atom. The summed E-state index contributed by atoms with van der Waals surface area (Å²) in [7, 11) is 0. The zero-order chi connectivity index (χ0) is 29.9. The first-order valence-corrected chi connectivity index (χ1v) is 12.2. The molecule has 0 aromatic heterocycles. The molecule has 204 valence electrons. The van der Waals surface area contributed by atoms with E-state index >= 15 is 0 Å². The maximum absolute atomic E-state index is 13.4. The Hall–Kier alpha value is -6.37. The number of nitro groups is 2. The minimum atomic E-state index is -0.771. The highest BCUT2D eigenvalue weighted by atomic mass is 16.6. The SMILES string of the molecule is O=C(c1ccc2c(c1)C(=O)N(c1cccc([N+](=O)[O-])c1)C2=O)c1ccc2c(c1)C(=O)N(c1cccc([N+](=O)[O-])c1)C2=O. The number of imide groups is 2. The molecule has 13 heteroatoms. The van der Waals surface area contributed by atoms with Gasteiger partial charge in [-0.25, -0.2) is 9.80 Å². The number of non-ortho nitro benzene ring substituents is 2. The molecule has 2 aliphatic rings. The van der Waals surface area contributed by atoms with Crippen LogP contribution in [0.1, 0.15) is 57.4 Å². The summed E-state index contributed by atoms with van der Waals surface area (Å²) in [6.45, 7) is 0. The quantitative estimate of drug-likeness (QED) is 0.143. The molecule has 0 saturated carbocycles. The largest absolute Gasteiger partial charge is 0.289 e. The molecule has 4 amide bonds. The minimum Gasteiger partial charge on any atom is -0.289 e. The highest BCUT2D eigenvalue weighted by molar-refractivity contribution is 6.36. The Morgan fingerprint density at radius 2 is 0.905 bits per heavy atom. The number of benzene rings is 4. The maximum Gasteiger partial charge on any atom is 0.271 e. The minimum absolute atomic E-state index is 0.00150. The Morgan fingerprint density at radius 3 is 1.29 bits per heavy atom. The van der Waals surface area contributed by atoms with Gasteiger partial charge in [-0.3, -0.25) is 44.2 Å². The van der Waals surface area contributed by atoms with Gasteiger partial charge in [0.1, 0.15) is 0 Å². The normalized spacial score (nSPS) is 13.8. The molecule has 0 unspecified atom stereocenters. The molecule has 42 heavy (non-hydrogen) atoms. The van der Waals surface area contributed by atoms with Gasteiger partial charge in [0.25, 0.3) is 35.0 Å². The van der Waals surface area contributed by atoms with Crippen LogP contribution in [-0.2, 0) is 0 Å². The third-order valence-corrected chi connectivity index (χ3v) is 6.90. The molecule has 6 rings (SSSR count). The van der Waals surface area contributed by atoms with E-state index in [0.29, 0.717) is 0 Å². The van der Waals surface area contributed by atoms with Crippen molar-refractivity contribution in [3.63, 3.8) is 0 Å². The van der Waals surface area contributed by atoms with Crippen LogP contribution in [0.3, 0.4) is 0 Å². The monoisotopic (exact) mass is 562 g/mol. The first-order chi connectivity index (χ1) is 20.1. The lowest BCUT2D eigenvalue weighted by atomic mass is 9.96. The smallest absolute Gasteiger partial charge is 0.271 e. The molecule has 0 N–H and O–H groups in total. The van der Waals surface area contributed by atoms with Gasteiger partial charge >= 0.3 is 0 Å². The lowest BCUT2D eigenvalue weighted by Crippen LogP contribution is -2.29. The molecule has 4 aromatic carbocycles. The van der Waals surface area contributed by atoms with Crippen LogP contribution in [0, 0.1) is 20.2 Å². The molecule has 13 nitrogen and oxygen atoms in total. The fraction of sp³-hybridized carbons (Fsp3) is 0. The number of nitrogens with zero attached hydrogens (tertiary/aromatic N) is 4. The van der Waals surface area contributed by atoms with E-state index in [0.717, 1.165) is 21.9 Å². The van der Waals surface area contributed by atoms with Gasteiger partial charge in [-0.05, 0) is 36.4 Å². The number of fused-ring (bicyclic) bond motifs is 2. The standard InChI is InChI=1S/C29H14N4O9/c34-25(15-7-9-21-23(11-15)28(37)30(26(21)35)17-3-1-5-19(13-17)32(39)40)16-8-10-22-24(12-16)29(38)31(27(22)36)18-4-2-6-20(14-18)33(41)42/h1-14H. The van der Waals surface area contributed by atoms with Gasteiger partial charge in [0.15, 0.2) is 5.78 Å². The summed E-state index contributed by atoms with van der Waals surface area (Å²) < 4.78 is 0. The van der Waals surface area contributed by atoms with Crippen molar-refractivity contribution in [1.29, 1.82) is 0 Å². The van der Waals surface area contributed by atoms with Crippen molar-refractivity contribution < 1.29 is 33.8 Å². The van der Waals surface area contributed by atoms with Gasteiger partial charge in [-0.1, -0.05) is 24.3 Å². The van der Waals surface area contributed by atoms with Crippen molar-refractivity contribution in [2.24, 2.45) is 0 Å². The first-order valence-electron chi connectivity index (χ1n) is 12.2. The number of amides is 4. The third kappa shape index (κ3) is 3.92. The molecule has 0 saturated heterocycles. The average molecular weight is 562 g/mol. The highest BCUT2D eigenvalue weighted by Gasteiger charge is 2.39. The number of carbonyl (C=O) groups excluding carboxylic acids is 5. The lowest BCUT2D eigenvalue weighted by molar-refractivity contribution is -0.385. The van der Waals surface area contributed by atoms with Gasteiger partial charge < -0.3 is 0 Å². The zero-order valence-corrected chi connectivity index (χ0v) is 21.0. The molecule has 0 aliphatic carbocycles. The number of carbonyl (C=O) groups is 5. The summed E-state index contributed by atoms with van der Waals surface area (Å²) >= 11 is 0. The highest BCUT2D eigenvalue weighted by Crippen LogP contribution is 2.33. The lowest BCUT2D eigenvalue weighted by Gasteiger charge is -2.13. The molecule has 0 bridgehead atoms. The topological polar surface area (TPSA) is 178 Å². The van der Waals surface area contributed by atoms with E-state index in [1.54, 1.807) is 0 Å². The Kier molecular flexibility index (Phi) is 5.78. The second kappa shape index (κ2) is 9.38. The molecule has 0 radical (unpaired) electrons. The molecule has 4 aromatic rings. The van der Waals surface area contributed by atoms with Crippen LogP contribution in [0.4, 0.5) is 22.7 Å². The van der Waals surface area contributed by atoms with E-state index in [2.05, 4.69) is 0 Å². The Balaban J connectivity index is 1.31. The van der Waals surface area contributed by atoms with E-state index < -0.39 is 39.3 Å². The zero-order valence-electron chi connectivity index (χ0n) is 21.0. The molecular formula is C29H14N4O9. The number of anilines is 2. The summed E-state index contributed by atoms with van der Waals surface area (Å²) in [5.41, 5.74) is -0.746. The second-order valence-electron chi connectivity index (χ2n) is 9.30. The molecule has 0 fully saturated rings. The molecule has 0 spiro atoms. The van der Waals surface area contributed by atoms with Crippen LogP contribution in [0.2, 0.25) is 0 Å². The number of ketones is 1. The van der Waals surface area contributed by atoms with E-state index in [1.165, 1.54) is 72.8 Å². The van der Waals surface area contributed by atoms with E-state index in [4.69, 9.17) is 0 Å². The van der Waals surface area contributed by atoms with Gasteiger partial charge in [-0.15, -0.1) is 0 Å². The molecule has 0 atom stereocenters. The van der Waals surface area contributed by atoms with Crippen LogP contribution in [0.15, 0.2) is 84.9 Å². The van der Waals surface area contributed by atoms with E-state index in [9.17, 15) is 44.2 Å². The van der Waals surface area contributed by atoms with Crippen molar-refractivity contribution in [1.82, 2.24) is 0 Å². The summed E-state index contributed by atoms with van der Waals surface area (Å²) in [5.74, 6) is -3.57. The Bertz CT molecular complexity index is 1830. The number of hydrogen-bond donors (Lipinski definition) is 0. The van der Waals surface area contributed by atoms with Crippen LogP contribution >= 0.6 is 0 Å². The van der Waals surface area contributed by atoms with Crippen molar-refractivity contribution in [2.45, 2.75) is 0 Å². The Labute approximate surface area is 234 Å². The van der Waals surface area contributed by atoms with Gasteiger partial charge in [0.05, 0.1) is 43.5 Å². The first kappa shape index (κ1) is 25.9. The van der Waals surface area contributed by atoms with Crippen LogP contribution in [0.5, 0.6) is 0 Å². The predicted molar refractivity (Wildman–Crippen MR) is 145 cm³/mol. The van der Waals surface area contributed by atoms with Crippen LogP contribution in [-0.4, -0.2) is 39.3 Å². The van der Waals surface area contributed by atoms with Crippen LogP contribution in [0.25, 0.3) is 0 Å². The molecule has 2 aliphatic heterocycles. The number of nitro benzene ring substituents is 2. The summed E-state index contributed by atoms with van der Waals surface area (Å²) in [6.07, 6.45) is 0. The number of hydrogen-bond acceptors (Lipinski definition) is 9. The number of rotatable bonds is 6. The van der Waals surface area contributed by atoms with E-state index in [1.807, 2.05) is 0 Å². The van der Waals surface area contributed by atoms with E-state index in [-0.39, 0.29) is 56.1 Å². The second-order valence-corrected chi connectivity index (χ2v) is 9.30. The fourth-order valence-electron chi connectivity index (χ4n) is 4.89.